The molecule has 0 aliphatic carbocycles. The van der Waals surface area contributed by atoms with E-state index < -0.39 is 0 Å². The van der Waals surface area contributed by atoms with E-state index in [0.717, 1.165) is 6.54 Å². The topological polar surface area (TPSA) is 32.3 Å². The normalized spacial score (nSPS) is 11.6. The minimum atomic E-state index is 0.137. The molecule has 1 aromatic rings. The van der Waals surface area contributed by atoms with Crippen LogP contribution in [0.15, 0.2) is 24.3 Å². The monoisotopic (exact) mass is 179 g/mol. The first kappa shape index (κ1) is 10.1. The van der Waals surface area contributed by atoms with Crippen molar-refractivity contribution in [3.63, 3.8) is 0 Å². The third-order valence-electron chi connectivity index (χ3n) is 1.76. The number of aromatic hydroxyl groups is 1. The van der Waals surface area contributed by atoms with Gasteiger partial charge in [-0.2, -0.15) is 0 Å². The van der Waals surface area contributed by atoms with Crippen molar-refractivity contribution in [3.8, 4) is 5.75 Å². The van der Waals surface area contributed by atoms with E-state index in [-0.39, 0.29) is 5.54 Å². The molecule has 0 saturated heterocycles. The molecule has 0 aromatic heterocycles. The van der Waals surface area contributed by atoms with Gasteiger partial charge in [0.2, 0.25) is 0 Å². The van der Waals surface area contributed by atoms with Gasteiger partial charge in [-0.1, -0.05) is 12.1 Å². The summed E-state index contributed by atoms with van der Waals surface area (Å²) in [5.41, 5.74) is 1.32. The number of hydrogen-bond donors (Lipinski definition) is 2. The molecule has 0 spiro atoms. The van der Waals surface area contributed by atoms with Crippen LogP contribution in [-0.4, -0.2) is 10.6 Å². The lowest BCUT2D eigenvalue weighted by Gasteiger charge is -2.20. The second kappa shape index (κ2) is 3.79. The summed E-state index contributed by atoms with van der Waals surface area (Å²) in [6.07, 6.45) is 0. The second-order valence-electron chi connectivity index (χ2n) is 4.27. The van der Waals surface area contributed by atoms with E-state index in [1.165, 1.54) is 5.56 Å². The zero-order valence-electron chi connectivity index (χ0n) is 8.46. The van der Waals surface area contributed by atoms with Crippen LogP contribution in [0.1, 0.15) is 26.3 Å². The van der Waals surface area contributed by atoms with E-state index >= 15 is 0 Å². The first-order chi connectivity index (χ1) is 5.97. The molecule has 0 aliphatic heterocycles. The van der Waals surface area contributed by atoms with Gasteiger partial charge in [-0.3, -0.25) is 0 Å². The van der Waals surface area contributed by atoms with Crippen LogP contribution in [0.3, 0.4) is 0 Å². The zero-order chi connectivity index (χ0) is 9.90. The Labute approximate surface area is 79.6 Å². The van der Waals surface area contributed by atoms with Crippen molar-refractivity contribution < 1.29 is 5.11 Å². The fraction of sp³-hybridized carbons (Fsp3) is 0.455. The van der Waals surface area contributed by atoms with Crippen LogP contribution in [-0.2, 0) is 6.54 Å². The van der Waals surface area contributed by atoms with E-state index in [0.29, 0.717) is 5.75 Å². The molecule has 0 fully saturated rings. The van der Waals surface area contributed by atoms with Gasteiger partial charge in [-0.25, -0.2) is 0 Å². The summed E-state index contributed by atoms with van der Waals surface area (Å²) in [6.45, 7) is 7.23. The van der Waals surface area contributed by atoms with Crippen LogP contribution in [0.2, 0.25) is 0 Å². The summed E-state index contributed by atoms with van der Waals surface area (Å²) in [5, 5.41) is 12.4. The number of hydrogen-bond acceptors (Lipinski definition) is 2. The number of rotatable bonds is 2. The highest BCUT2D eigenvalue weighted by atomic mass is 16.3. The highest BCUT2D eigenvalue weighted by Crippen LogP contribution is 2.10. The average Bonchev–Trinajstić information content (AvgIpc) is 2.02. The molecule has 0 heterocycles. The van der Waals surface area contributed by atoms with Crippen LogP contribution in [0.25, 0.3) is 0 Å². The van der Waals surface area contributed by atoms with Gasteiger partial charge in [0, 0.05) is 12.1 Å². The van der Waals surface area contributed by atoms with Crippen molar-refractivity contribution >= 4 is 0 Å². The van der Waals surface area contributed by atoms with E-state index in [1.807, 2.05) is 12.1 Å². The Morgan fingerprint density at radius 2 is 1.69 bits per heavy atom. The van der Waals surface area contributed by atoms with Crippen molar-refractivity contribution in [3.05, 3.63) is 29.8 Å². The summed E-state index contributed by atoms with van der Waals surface area (Å²) in [5.74, 6) is 0.319. The second-order valence-corrected chi connectivity index (χ2v) is 4.27. The summed E-state index contributed by atoms with van der Waals surface area (Å²) < 4.78 is 0. The molecule has 0 bridgehead atoms. The molecule has 1 rings (SSSR count). The van der Waals surface area contributed by atoms with Gasteiger partial charge >= 0.3 is 0 Å². The van der Waals surface area contributed by atoms with Crippen molar-refractivity contribution in [1.82, 2.24) is 5.32 Å². The van der Waals surface area contributed by atoms with Gasteiger partial charge < -0.3 is 10.4 Å². The Bertz CT molecular complexity index is 258. The Balaban J connectivity index is 2.51. The molecule has 2 heteroatoms. The maximum Gasteiger partial charge on any atom is 0.115 e. The van der Waals surface area contributed by atoms with Crippen molar-refractivity contribution in [2.24, 2.45) is 0 Å². The van der Waals surface area contributed by atoms with Gasteiger partial charge in [-0.05, 0) is 38.5 Å². The summed E-state index contributed by atoms with van der Waals surface area (Å²) >= 11 is 0. The molecule has 72 valence electrons. The number of nitrogens with one attached hydrogen (secondary N) is 1. The lowest BCUT2D eigenvalue weighted by Crippen LogP contribution is -2.34. The van der Waals surface area contributed by atoms with E-state index in [9.17, 15) is 0 Å². The van der Waals surface area contributed by atoms with Gasteiger partial charge in [0.1, 0.15) is 5.75 Å². The molecule has 13 heavy (non-hydrogen) atoms. The summed E-state index contributed by atoms with van der Waals surface area (Å²) in [6, 6.07) is 7.27. The summed E-state index contributed by atoms with van der Waals surface area (Å²) in [7, 11) is 0. The fourth-order valence-electron chi connectivity index (χ4n) is 0.981. The van der Waals surface area contributed by atoms with Crippen LogP contribution in [0.5, 0.6) is 5.75 Å². The zero-order valence-corrected chi connectivity index (χ0v) is 8.46. The third-order valence-corrected chi connectivity index (χ3v) is 1.76. The molecule has 0 radical (unpaired) electrons. The van der Waals surface area contributed by atoms with Crippen LogP contribution in [0.4, 0.5) is 0 Å². The summed E-state index contributed by atoms with van der Waals surface area (Å²) in [4.78, 5) is 0. The Morgan fingerprint density at radius 1 is 1.15 bits per heavy atom. The van der Waals surface area contributed by atoms with Crippen LogP contribution >= 0.6 is 0 Å². The minimum Gasteiger partial charge on any atom is -0.508 e. The standard InChI is InChI=1S/C11H17NO/c1-11(2,3)12-8-9-4-6-10(13)7-5-9/h4-7,12-13H,8H2,1-3H3. The Kier molecular flexibility index (Phi) is 2.94. The van der Waals surface area contributed by atoms with E-state index in [2.05, 4.69) is 26.1 Å². The largest absolute Gasteiger partial charge is 0.508 e. The molecule has 1 aromatic carbocycles. The highest BCUT2D eigenvalue weighted by molar-refractivity contribution is 5.25. The average molecular weight is 179 g/mol. The van der Waals surface area contributed by atoms with Gasteiger partial charge in [0.05, 0.1) is 0 Å². The maximum absolute atomic E-state index is 9.06. The predicted molar refractivity (Wildman–Crippen MR) is 54.7 cm³/mol. The lowest BCUT2D eigenvalue weighted by molar-refractivity contribution is 0.424. The third kappa shape index (κ3) is 3.95. The lowest BCUT2D eigenvalue weighted by atomic mass is 10.1. The van der Waals surface area contributed by atoms with Crippen LogP contribution < -0.4 is 5.32 Å². The van der Waals surface area contributed by atoms with E-state index in [4.69, 9.17) is 5.11 Å². The fourth-order valence-corrected chi connectivity index (χ4v) is 0.981. The minimum absolute atomic E-state index is 0.137. The number of benzene rings is 1. The molecule has 2 N–H and O–H groups in total. The van der Waals surface area contributed by atoms with Gasteiger partial charge in [-0.15, -0.1) is 0 Å². The van der Waals surface area contributed by atoms with Crippen molar-refractivity contribution in [2.75, 3.05) is 0 Å². The van der Waals surface area contributed by atoms with Crippen LogP contribution in [0, 0.1) is 0 Å². The number of phenols is 1. The molecular formula is C11H17NO. The van der Waals surface area contributed by atoms with Crippen molar-refractivity contribution in [1.29, 1.82) is 0 Å². The Hall–Kier alpha value is -1.02. The highest BCUT2D eigenvalue weighted by Gasteiger charge is 2.07. The van der Waals surface area contributed by atoms with Gasteiger partial charge in [0.15, 0.2) is 0 Å². The molecule has 0 amide bonds. The molecular weight excluding hydrogens is 162 g/mol. The van der Waals surface area contributed by atoms with Gasteiger partial charge in [0.25, 0.3) is 0 Å². The Morgan fingerprint density at radius 3 is 2.15 bits per heavy atom. The SMILES string of the molecule is CC(C)(C)NCc1ccc(O)cc1. The van der Waals surface area contributed by atoms with Crippen molar-refractivity contribution in [2.45, 2.75) is 32.9 Å². The van der Waals surface area contributed by atoms with E-state index in [1.54, 1.807) is 12.1 Å². The molecule has 2 nitrogen and oxygen atoms in total. The first-order valence-corrected chi connectivity index (χ1v) is 4.50. The first-order valence-electron chi connectivity index (χ1n) is 4.50. The molecule has 0 aliphatic rings. The molecule has 0 atom stereocenters. The predicted octanol–water partition coefficient (Wildman–Crippen LogP) is 2.28. The smallest absolute Gasteiger partial charge is 0.115 e. The molecule has 0 unspecified atom stereocenters. The molecule has 0 saturated carbocycles. The quantitative estimate of drug-likeness (QED) is 0.730. The maximum atomic E-state index is 9.06. The number of phenolic OH excluding ortho intramolecular Hbond substituents is 1.